The van der Waals surface area contributed by atoms with E-state index in [-0.39, 0.29) is 35.5 Å². The summed E-state index contributed by atoms with van der Waals surface area (Å²) in [6.45, 7) is 6.38. The van der Waals surface area contributed by atoms with Crippen LogP contribution in [0.4, 0.5) is 4.39 Å². The van der Waals surface area contributed by atoms with Gasteiger partial charge in [-0.05, 0) is 37.8 Å². The molecule has 0 bridgehead atoms. The summed E-state index contributed by atoms with van der Waals surface area (Å²) in [5, 5.41) is 6.41. The quantitative estimate of drug-likeness (QED) is 0.282. The third-order valence-corrected chi connectivity index (χ3v) is 3.27. The van der Waals surface area contributed by atoms with Crippen molar-refractivity contribution in [2.45, 2.75) is 20.4 Å². The van der Waals surface area contributed by atoms with Gasteiger partial charge in [0.15, 0.2) is 17.5 Å². The van der Waals surface area contributed by atoms with Gasteiger partial charge in [-0.2, -0.15) is 11.8 Å². The van der Waals surface area contributed by atoms with E-state index >= 15 is 0 Å². The fourth-order valence-corrected chi connectivity index (χ4v) is 2.01. The molecule has 0 spiro atoms. The van der Waals surface area contributed by atoms with E-state index in [9.17, 15) is 4.39 Å². The normalized spacial score (nSPS) is 10.8. The van der Waals surface area contributed by atoms with Gasteiger partial charge in [-0.1, -0.05) is 6.07 Å². The zero-order chi connectivity index (χ0) is 15.5. The molecule has 0 saturated carbocycles. The second-order valence-corrected chi connectivity index (χ2v) is 5.30. The number of rotatable bonds is 8. The molecule has 0 saturated heterocycles. The predicted octanol–water partition coefficient (Wildman–Crippen LogP) is 3.26. The maximum Gasteiger partial charge on any atom is 0.191 e. The Kier molecular flexibility index (Phi) is 12.4. The van der Waals surface area contributed by atoms with Crippen LogP contribution < -0.4 is 15.4 Å². The molecule has 126 valence electrons. The molecule has 0 aliphatic carbocycles. The van der Waals surface area contributed by atoms with E-state index in [1.54, 1.807) is 17.8 Å². The summed E-state index contributed by atoms with van der Waals surface area (Å²) < 4.78 is 18.9. The lowest BCUT2D eigenvalue weighted by molar-refractivity contribution is 0.321. The lowest BCUT2D eigenvalue weighted by atomic mass is 10.2. The van der Waals surface area contributed by atoms with Gasteiger partial charge in [0, 0.05) is 18.8 Å². The van der Waals surface area contributed by atoms with Crippen molar-refractivity contribution in [1.29, 1.82) is 0 Å². The molecule has 0 atom stereocenters. The van der Waals surface area contributed by atoms with Gasteiger partial charge in [0.1, 0.15) is 0 Å². The number of guanidine groups is 1. The molecule has 4 nitrogen and oxygen atoms in total. The Balaban J connectivity index is 0.00000441. The van der Waals surface area contributed by atoms with E-state index < -0.39 is 0 Å². The van der Waals surface area contributed by atoms with Crippen LogP contribution in [0.3, 0.4) is 0 Å². The van der Waals surface area contributed by atoms with Gasteiger partial charge in [-0.15, -0.1) is 24.0 Å². The number of nitrogens with zero attached hydrogens (tertiary/aromatic N) is 1. The van der Waals surface area contributed by atoms with Gasteiger partial charge >= 0.3 is 0 Å². The van der Waals surface area contributed by atoms with Crippen LogP contribution in [0.25, 0.3) is 0 Å². The average molecular weight is 441 g/mol. The maximum atomic E-state index is 13.8. The summed E-state index contributed by atoms with van der Waals surface area (Å²) in [6, 6.07) is 4.96. The number of benzene rings is 1. The number of halogens is 2. The van der Waals surface area contributed by atoms with Crippen molar-refractivity contribution >= 4 is 41.7 Å². The molecule has 0 unspecified atom stereocenters. The summed E-state index contributed by atoms with van der Waals surface area (Å²) in [7, 11) is 0. The maximum absolute atomic E-state index is 13.8. The van der Waals surface area contributed by atoms with Crippen molar-refractivity contribution in [1.82, 2.24) is 10.6 Å². The monoisotopic (exact) mass is 441 g/mol. The van der Waals surface area contributed by atoms with Crippen molar-refractivity contribution in [3.63, 3.8) is 0 Å². The minimum Gasteiger partial charge on any atom is -0.491 e. The van der Waals surface area contributed by atoms with Crippen molar-refractivity contribution in [2.24, 2.45) is 4.99 Å². The molecule has 1 aromatic rings. The van der Waals surface area contributed by atoms with Crippen LogP contribution in [0.15, 0.2) is 23.2 Å². The second kappa shape index (κ2) is 12.8. The minimum absolute atomic E-state index is 0. The zero-order valence-corrected chi connectivity index (χ0v) is 16.5. The predicted molar refractivity (Wildman–Crippen MR) is 104 cm³/mol. The Morgan fingerprint density at radius 2 is 2.09 bits per heavy atom. The molecule has 22 heavy (non-hydrogen) atoms. The van der Waals surface area contributed by atoms with E-state index in [1.165, 1.54) is 6.07 Å². The van der Waals surface area contributed by atoms with Crippen molar-refractivity contribution in [2.75, 3.05) is 31.7 Å². The first-order chi connectivity index (χ1) is 10.2. The van der Waals surface area contributed by atoms with E-state index in [2.05, 4.69) is 21.9 Å². The molecule has 0 fully saturated rings. The smallest absolute Gasteiger partial charge is 0.191 e. The summed E-state index contributed by atoms with van der Waals surface area (Å²) in [4.78, 5) is 4.45. The number of hydrogen-bond acceptors (Lipinski definition) is 3. The Bertz CT molecular complexity index is 460. The first-order valence-electron chi connectivity index (χ1n) is 7.13. The van der Waals surface area contributed by atoms with Gasteiger partial charge < -0.3 is 15.4 Å². The van der Waals surface area contributed by atoms with Crippen LogP contribution in [0, 0.1) is 5.82 Å². The molecule has 0 aliphatic heterocycles. The SMILES string of the molecule is CCNC(=NCc1ccc(OCC)c(F)c1)NCCSC.I. The molecule has 2 N–H and O–H groups in total. The molecule has 0 aromatic heterocycles. The topological polar surface area (TPSA) is 45.7 Å². The van der Waals surface area contributed by atoms with E-state index in [0.717, 1.165) is 30.4 Å². The van der Waals surface area contributed by atoms with Gasteiger partial charge in [-0.25, -0.2) is 9.38 Å². The minimum atomic E-state index is -0.343. The average Bonchev–Trinajstić information content (AvgIpc) is 2.47. The van der Waals surface area contributed by atoms with Gasteiger partial charge in [0.05, 0.1) is 13.2 Å². The summed E-state index contributed by atoms with van der Waals surface area (Å²) >= 11 is 1.78. The van der Waals surface area contributed by atoms with E-state index in [1.807, 2.05) is 19.9 Å². The zero-order valence-electron chi connectivity index (χ0n) is 13.3. The van der Waals surface area contributed by atoms with Crippen LogP contribution >= 0.6 is 35.7 Å². The number of nitrogens with one attached hydrogen (secondary N) is 2. The molecular formula is C15H25FIN3OS. The molecule has 1 rings (SSSR count). The lowest BCUT2D eigenvalue weighted by Gasteiger charge is -2.11. The first kappa shape index (κ1) is 21.3. The number of hydrogen-bond donors (Lipinski definition) is 2. The largest absolute Gasteiger partial charge is 0.491 e. The third-order valence-electron chi connectivity index (χ3n) is 2.66. The number of thioether (sulfide) groups is 1. The van der Waals surface area contributed by atoms with Crippen LogP contribution in [0.1, 0.15) is 19.4 Å². The molecule has 7 heteroatoms. The van der Waals surface area contributed by atoms with Crippen LogP contribution in [-0.2, 0) is 6.54 Å². The van der Waals surface area contributed by atoms with Crippen molar-refractivity contribution in [3.05, 3.63) is 29.6 Å². The van der Waals surface area contributed by atoms with Crippen LogP contribution in [0.5, 0.6) is 5.75 Å². The Morgan fingerprint density at radius 3 is 2.68 bits per heavy atom. The highest BCUT2D eigenvalue weighted by Gasteiger charge is 2.04. The highest BCUT2D eigenvalue weighted by Crippen LogP contribution is 2.18. The number of ether oxygens (including phenoxy) is 1. The standard InChI is InChI=1S/C15H24FN3OS.HI/c1-4-17-15(18-8-9-21-3)19-11-12-6-7-14(20-5-2)13(16)10-12;/h6-7,10H,4-5,8-9,11H2,1-3H3,(H2,17,18,19);1H. The lowest BCUT2D eigenvalue weighted by Crippen LogP contribution is -2.38. The first-order valence-corrected chi connectivity index (χ1v) is 8.53. The fraction of sp³-hybridized carbons (Fsp3) is 0.533. The Labute approximate surface area is 153 Å². The highest BCUT2D eigenvalue weighted by atomic mass is 127. The highest BCUT2D eigenvalue weighted by molar-refractivity contribution is 14.0. The van der Waals surface area contributed by atoms with Crippen molar-refractivity contribution < 1.29 is 9.13 Å². The molecule has 1 aromatic carbocycles. The molecule has 0 aliphatic rings. The number of aliphatic imine (C=N–C) groups is 1. The Hall–Kier alpha value is -0.700. The summed E-state index contributed by atoms with van der Waals surface area (Å²) in [5.41, 5.74) is 0.818. The molecule has 0 heterocycles. The van der Waals surface area contributed by atoms with Gasteiger partial charge in [0.2, 0.25) is 0 Å². The van der Waals surface area contributed by atoms with E-state index in [0.29, 0.717) is 13.2 Å². The fourth-order valence-electron chi connectivity index (χ4n) is 1.70. The van der Waals surface area contributed by atoms with Crippen LogP contribution in [0.2, 0.25) is 0 Å². The summed E-state index contributed by atoms with van der Waals surface area (Å²) in [5.74, 6) is 1.71. The third kappa shape index (κ3) is 8.07. The molecule has 0 amide bonds. The molecule has 0 radical (unpaired) electrons. The second-order valence-electron chi connectivity index (χ2n) is 4.31. The van der Waals surface area contributed by atoms with Crippen molar-refractivity contribution in [3.8, 4) is 5.75 Å². The Morgan fingerprint density at radius 1 is 1.32 bits per heavy atom. The summed E-state index contributed by atoms with van der Waals surface area (Å²) in [6.07, 6.45) is 2.06. The molecular weight excluding hydrogens is 416 g/mol. The van der Waals surface area contributed by atoms with Crippen LogP contribution in [-0.4, -0.2) is 37.7 Å². The van der Waals surface area contributed by atoms with Gasteiger partial charge in [-0.3, -0.25) is 0 Å². The van der Waals surface area contributed by atoms with Gasteiger partial charge in [0.25, 0.3) is 0 Å². The van der Waals surface area contributed by atoms with E-state index in [4.69, 9.17) is 4.74 Å².